The highest BCUT2D eigenvalue weighted by molar-refractivity contribution is 14.1. The molecule has 0 saturated carbocycles. The number of carbonyl (C=O) groups excluding carboxylic acids is 1. The van der Waals surface area contributed by atoms with Crippen LogP contribution in [0.1, 0.15) is 21.6 Å². The Bertz CT molecular complexity index is 944. The lowest BCUT2D eigenvalue weighted by atomic mass is 10.2. The largest absolute Gasteiger partial charge is 0.457 e. The van der Waals surface area contributed by atoms with E-state index in [4.69, 9.17) is 15.2 Å². The van der Waals surface area contributed by atoms with Crippen LogP contribution < -0.4 is 15.8 Å². The van der Waals surface area contributed by atoms with E-state index < -0.39 is 0 Å². The molecule has 0 atom stereocenters. The molecule has 3 N–H and O–H groups in total. The van der Waals surface area contributed by atoms with Crippen molar-refractivity contribution in [1.82, 2.24) is 10.3 Å². The lowest BCUT2D eigenvalue weighted by Crippen LogP contribution is -2.24. The molecule has 6 nitrogen and oxygen atoms in total. The molecule has 7 heteroatoms. The molecule has 0 spiro atoms. The molecule has 0 radical (unpaired) electrons. The van der Waals surface area contributed by atoms with Crippen LogP contribution in [0.2, 0.25) is 0 Å². The van der Waals surface area contributed by atoms with Crippen molar-refractivity contribution in [3.05, 3.63) is 81.1 Å². The second kappa shape index (κ2) is 9.52. The first-order valence-corrected chi connectivity index (χ1v) is 9.68. The standard InChI is InChI=1S/C21H20IN3O3/c1-27-13-16-6-11-19(20(23)25-16)21(26)24-12-14-2-7-17(8-3-14)28-18-9-4-15(22)5-10-18/h2-11H,12-13H2,1H3,(H2,23,25)(H,24,26). The fourth-order valence-electron chi connectivity index (χ4n) is 2.53. The quantitative estimate of drug-likeness (QED) is 0.488. The molecule has 0 aliphatic rings. The molecule has 3 aromatic rings. The number of methoxy groups -OCH3 is 1. The van der Waals surface area contributed by atoms with Crippen LogP contribution in [0.15, 0.2) is 60.7 Å². The first-order valence-electron chi connectivity index (χ1n) is 8.60. The van der Waals surface area contributed by atoms with Crippen LogP contribution in [0.25, 0.3) is 0 Å². The number of nitrogens with zero attached hydrogens (tertiary/aromatic N) is 1. The van der Waals surface area contributed by atoms with Crippen LogP contribution in [0.5, 0.6) is 11.5 Å². The van der Waals surface area contributed by atoms with Crippen molar-refractivity contribution in [2.75, 3.05) is 12.8 Å². The Hall–Kier alpha value is -2.65. The fraction of sp³-hybridized carbons (Fsp3) is 0.143. The molecule has 144 valence electrons. The van der Waals surface area contributed by atoms with E-state index in [0.29, 0.717) is 24.4 Å². The van der Waals surface area contributed by atoms with Crippen LogP contribution in [0.4, 0.5) is 5.82 Å². The Morgan fingerprint density at radius 1 is 1.04 bits per heavy atom. The number of hydrogen-bond acceptors (Lipinski definition) is 5. The SMILES string of the molecule is COCc1ccc(C(=O)NCc2ccc(Oc3ccc(I)cc3)cc2)c(N)n1. The third kappa shape index (κ3) is 5.43. The summed E-state index contributed by atoms with van der Waals surface area (Å²) in [5.74, 6) is 1.43. The predicted molar refractivity (Wildman–Crippen MR) is 116 cm³/mol. The van der Waals surface area contributed by atoms with Gasteiger partial charge in [-0.1, -0.05) is 12.1 Å². The second-order valence-corrected chi connectivity index (χ2v) is 7.30. The van der Waals surface area contributed by atoms with E-state index in [1.54, 1.807) is 19.2 Å². The van der Waals surface area contributed by atoms with E-state index in [1.807, 2.05) is 48.5 Å². The molecule has 0 aliphatic heterocycles. The zero-order chi connectivity index (χ0) is 19.9. The second-order valence-electron chi connectivity index (χ2n) is 6.05. The summed E-state index contributed by atoms with van der Waals surface area (Å²) in [6.45, 7) is 0.727. The van der Waals surface area contributed by atoms with E-state index in [9.17, 15) is 4.79 Å². The molecule has 0 unspecified atom stereocenters. The number of rotatable bonds is 7. The zero-order valence-electron chi connectivity index (χ0n) is 15.3. The van der Waals surface area contributed by atoms with Gasteiger partial charge in [0.15, 0.2) is 0 Å². The van der Waals surface area contributed by atoms with E-state index in [-0.39, 0.29) is 11.7 Å². The number of carbonyl (C=O) groups is 1. The monoisotopic (exact) mass is 489 g/mol. The van der Waals surface area contributed by atoms with Crippen molar-refractivity contribution in [2.45, 2.75) is 13.2 Å². The van der Waals surface area contributed by atoms with Crippen molar-refractivity contribution < 1.29 is 14.3 Å². The molecule has 1 aromatic heterocycles. The van der Waals surface area contributed by atoms with Crippen LogP contribution in [0, 0.1) is 3.57 Å². The topological polar surface area (TPSA) is 86.5 Å². The summed E-state index contributed by atoms with van der Waals surface area (Å²) in [4.78, 5) is 16.5. The van der Waals surface area contributed by atoms with Crippen molar-refractivity contribution >= 4 is 34.3 Å². The highest BCUT2D eigenvalue weighted by atomic mass is 127. The number of anilines is 1. The van der Waals surface area contributed by atoms with Gasteiger partial charge in [-0.05, 0) is 76.7 Å². The Morgan fingerprint density at radius 2 is 1.68 bits per heavy atom. The number of nitrogen functional groups attached to an aromatic ring is 1. The molecule has 3 rings (SSSR count). The number of aromatic nitrogens is 1. The maximum Gasteiger partial charge on any atom is 0.255 e. The first-order chi connectivity index (χ1) is 13.5. The Balaban J connectivity index is 1.57. The van der Waals surface area contributed by atoms with Gasteiger partial charge in [0.1, 0.15) is 17.3 Å². The lowest BCUT2D eigenvalue weighted by Gasteiger charge is -2.10. The molecular formula is C21H20IN3O3. The van der Waals surface area contributed by atoms with Crippen molar-refractivity contribution in [3.63, 3.8) is 0 Å². The molecule has 1 amide bonds. The summed E-state index contributed by atoms with van der Waals surface area (Å²) in [6, 6.07) is 18.8. The predicted octanol–water partition coefficient (Wildman–Crippen LogP) is 4.14. The van der Waals surface area contributed by atoms with E-state index in [1.165, 1.54) is 0 Å². The van der Waals surface area contributed by atoms with Gasteiger partial charge < -0.3 is 20.5 Å². The maximum atomic E-state index is 12.4. The average Bonchev–Trinajstić information content (AvgIpc) is 2.69. The van der Waals surface area contributed by atoms with Gasteiger partial charge in [0.25, 0.3) is 5.91 Å². The van der Waals surface area contributed by atoms with Gasteiger partial charge in [-0.15, -0.1) is 0 Å². The van der Waals surface area contributed by atoms with Crippen molar-refractivity contribution in [2.24, 2.45) is 0 Å². The molecule has 0 fully saturated rings. The summed E-state index contributed by atoms with van der Waals surface area (Å²) in [5, 5.41) is 2.85. The molecular weight excluding hydrogens is 469 g/mol. The number of halogens is 1. The summed E-state index contributed by atoms with van der Waals surface area (Å²) in [7, 11) is 1.58. The first kappa shape index (κ1) is 20.1. The number of pyridine rings is 1. The molecule has 0 aliphatic carbocycles. The highest BCUT2D eigenvalue weighted by Crippen LogP contribution is 2.22. The van der Waals surface area contributed by atoms with E-state index in [2.05, 4.69) is 32.9 Å². The summed E-state index contributed by atoms with van der Waals surface area (Å²) in [5.41, 5.74) is 7.86. The van der Waals surface area contributed by atoms with Crippen LogP contribution in [0.3, 0.4) is 0 Å². The van der Waals surface area contributed by atoms with Crippen molar-refractivity contribution in [3.8, 4) is 11.5 Å². The lowest BCUT2D eigenvalue weighted by molar-refractivity contribution is 0.0951. The highest BCUT2D eigenvalue weighted by Gasteiger charge is 2.11. The Kier molecular flexibility index (Phi) is 6.83. The molecule has 1 heterocycles. The van der Waals surface area contributed by atoms with Crippen LogP contribution >= 0.6 is 22.6 Å². The average molecular weight is 489 g/mol. The summed E-state index contributed by atoms with van der Waals surface area (Å²) >= 11 is 2.25. The minimum Gasteiger partial charge on any atom is -0.457 e. The number of benzene rings is 2. The Labute approximate surface area is 177 Å². The number of nitrogens with one attached hydrogen (secondary N) is 1. The van der Waals surface area contributed by atoms with Gasteiger partial charge >= 0.3 is 0 Å². The molecule has 2 aromatic carbocycles. The minimum atomic E-state index is -0.270. The van der Waals surface area contributed by atoms with Gasteiger partial charge in [-0.25, -0.2) is 4.98 Å². The molecule has 0 bridgehead atoms. The normalized spacial score (nSPS) is 10.5. The van der Waals surface area contributed by atoms with Gasteiger partial charge in [-0.2, -0.15) is 0 Å². The van der Waals surface area contributed by atoms with Gasteiger partial charge in [0.05, 0.1) is 17.9 Å². The molecule has 0 saturated heterocycles. The number of nitrogens with two attached hydrogens (primary N) is 1. The van der Waals surface area contributed by atoms with Gasteiger partial charge in [0, 0.05) is 17.2 Å². The summed E-state index contributed by atoms with van der Waals surface area (Å²) < 4.78 is 12.0. The number of amides is 1. The smallest absolute Gasteiger partial charge is 0.255 e. The maximum absolute atomic E-state index is 12.4. The van der Waals surface area contributed by atoms with Crippen LogP contribution in [-0.4, -0.2) is 18.0 Å². The number of hydrogen-bond donors (Lipinski definition) is 2. The molecule has 28 heavy (non-hydrogen) atoms. The van der Waals surface area contributed by atoms with Gasteiger partial charge in [-0.3, -0.25) is 4.79 Å². The van der Waals surface area contributed by atoms with Crippen molar-refractivity contribution in [1.29, 1.82) is 0 Å². The number of ether oxygens (including phenoxy) is 2. The van der Waals surface area contributed by atoms with Gasteiger partial charge in [0.2, 0.25) is 0 Å². The van der Waals surface area contributed by atoms with Crippen LogP contribution in [-0.2, 0) is 17.9 Å². The third-order valence-corrected chi connectivity index (χ3v) is 4.66. The third-order valence-electron chi connectivity index (χ3n) is 3.95. The Morgan fingerprint density at radius 3 is 2.29 bits per heavy atom. The fourth-order valence-corrected chi connectivity index (χ4v) is 2.89. The van der Waals surface area contributed by atoms with E-state index in [0.717, 1.165) is 20.6 Å². The zero-order valence-corrected chi connectivity index (χ0v) is 17.5. The van der Waals surface area contributed by atoms with E-state index >= 15 is 0 Å². The summed E-state index contributed by atoms with van der Waals surface area (Å²) in [6.07, 6.45) is 0. The minimum absolute atomic E-state index is 0.188.